The molecule has 2 heterocycles. The number of hydrogen-bond acceptors (Lipinski definition) is 5. The van der Waals surface area contributed by atoms with Crippen molar-refractivity contribution in [1.29, 1.82) is 0 Å². The van der Waals surface area contributed by atoms with E-state index in [-0.39, 0.29) is 0 Å². The van der Waals surface area contributed by atoms with Crippen LogP contribution in [0.5, 0.6) is 0 Å². The van der Waals surface area contributed by atoms with Gasteiger partial charge < -0.3 is 15.8 Å². The average molecular weight is 229 g/mol. The zero-order valence-corrected chi connectivity index (χ0v) is 9.39. The molecule has 2 saturated heterocycles. The predicted octanol–water partition coefficient (Wildman–Crippen LogP) is -1.57. The molecule has 0 aromatic carbocycles. The van der Waals surface area contributed by atoms with Crippen molar-refractivity contribution in [3.8, 4) is 0 Å². The van der Waals surface area contributed by atoms with Gasteiger partial charge in [0.2, 0.25) is 0 Å². The Bertz CT molecular complexity index is 220. The van der Waals surface area contributed by atoms with Crippen molar-refractivity contribution >= 4 is 6.03 Å². The Morgan fingerprint density at radius 2 is 1.69 bits per heavy atom. The van der Waals surface area contributed by atoms with Gasteiger partial charge in [0.15, 0.2) is 0 Å². The van der Waals surface area contributed by atoms with Crippen molar-refractivity contribution in [2.45, 2.75) is 0 Å². The number of primary amides is 1. The lowest BCUT2D eigenvalue weighted by atomic mass is 10.4. The number of nitrogens with one attached hydrogen (secondary N) is 1. The summed E-state index contributed by atoms with van der Waals surface area (Å²) < 4.78 is 5.27. The Hall–Kier alpha value is -0.890. The topological polar surface area (TPSA) is 74.1 Å². The molecule has 0 saturated carbocycles. The van der Waals surface area contributed by atoms with Crippen LogP contribution in [0.4, 0.5) is 4.79 Å². The molecule has 0 unspecified atom stereocenters. The van der Waals surface area contributed by atoms with Crippen LogP contribution in [0.25, 0.3) is 0 Å². The quantitative estimate of drug-likeness (QED) is 0.599. The molecular formula is C9H19N5O2. The van der Waals surface area contributed by atoms with Gasteiger partial charge in [-0.05, 0) is 0 Å². The molecule has 7 heteroatoms. The van der Waals surface area contributed by atoms with Crippen LogP contribution in [0.2, 0.25) is 0 Å². The maximum Gasteiger partial charge on any atom is 0.344 e. The van der Waals surface area contributed by atoms with Crippen LogP contribution in [0.3, 0.4) is 0 Å². The minimum atomic E-state index is -0.413. The molecule has 92 valence electrons. The van der Waals surface area contributed by atoms with E-state index in [0.29, 0.717) is 26.3 Å². The lowest BCUT2D eigenvalue weighted by Crippen LogP contribution is -2.64. The highest BCUT2D eigenvalue weighted by atomic mass is 16.5. The number of ether oxygens (including phenoxy) is 1. The zero-order valence-electron chi connectivity index (χ0n) is 9.39. The highest BCUT2D eigenvalue weighted by molar-refractivity contribution is 5.70. The van der Waals surface area contributed by atoms with Crippen LogP contribution in [0.1, 0.15) is 0 Å². The molecule has 0 radical (unpaired) electrons. The number of hydrazine groups is 2. The number of hydrogen-bond donors (Lipinski definition) is 2. The SMILES string of the molecule is NC(=O)N(N1CCNCC1)N1CCOCC1. The van der Waals surface area contributed by atoms with E-state index in [4.69, 9.17) is 10.5 Å². The van der Waals surface area contributed by atoms with Crippen LogP contribution in [0.15, 0.2) is 0 Å². The Morgan fingerprint density at radius 3 is 2.25 bits per heavy atom. The average Bonchev–Trinajstić information content (AvgIpc) is 2.31. The Labute approximate surface area is 95.0 Å². The van der Waals surface area contributed by atoms with E-state index in [1.165, 1.54) is 0 Å². The Balaban J connectivity index is 1.99. The molecule has 7 nitrogen and oxygen atoms in total. The van der Waals surface area contributed by atoms with E-state index < -0.39 is 6.03 Å². The third-order valence-corrected chi connectivity index (χ3v) is 2.81. The number of urea groups is 1. The first kappa shape index (κ1) is 11.6. The van der Waals surface area contributed by atoms with Crippen molar-refractivity contribution < 1.29 is 9.53 Å². The first-order valence-electron chi connectivity index (χ1n) is 5.67. The number of morpholine rings is 1. The number of rotatable bonds is 2. The summed E-state index contributed by atoms with van der Waals surface area (Å²) in [5, 5.41) is 8.77. The maximum atomic E-state index is 11.5. The molecular weight excluding hydrogens is 210 g/mol. The van der Waals surface area contributed by atoms with Gasteiger partial charge >= 0.3 is 6.03 Å². The minimum absolute atomic E-state index is 0.413. The number of carbonyl (C=O) groups is 1. The summed E-state index contributed by atoms with van der Waals surface area (Å²) in [6, 6.07) is -0.413. The van der Waals surface area contributed by atoms with Gasteiger partial charge in [0.05, 0.1) is 13.2 Å². The van der Waals surface area contributed by atoms with Crippen molar-refractivity contribution in [3.05, 3.63) is 0 Å². The van der Waals surface area contributed by atoms with Crippen molar-refractivity contribution in [1.82, 2.24) is 20.5 Å². The fourth-order valence-electron chi connectivity index (χ4n) is 2.04. The van der Waals surface area contributed by atoms with E-state index in [9.17, 15) is 4.79 Å². The second-order valence-corrected chi connectivity index (χ2v) is 3.90. The second-order valence-electron chi connectivity index (χ2n) is 3.90. The van der Waals surface area contributed by atoms with E-state index in [2.05, 4.69) is 5.32 Å². The van der Waals surface area contributed by atoms with E-state index in [1.807, 2.05) is 10.0 Å². The maximum absolute atomic E-state index is 11.5. The fourth-order valence-corrected chi connectivity index (χ4v) is 2.04. The summed E-state index contributed by atoms with van der Waals surface area (Å²) in [5.41, 5.74) is 5.44. The number of nitrogens with two attached hydrogens (primary N) is 1. The molecule has 0 spiro atoms. The smallest absolute Gasteiger partial charge is 0.344 e. The first-order chi connectivity index (χ1) is 7.79. The lowest BCUT2D eigenvalue weighted by molar-refractivity contribution is -0.171. The summed E-state index contributed by atoms with van der Waals surface area (Å²) in [6.45, 7) is 6.11. The van der Waals surface area contributed by atoms with Gasteiger partial charge in [-0.3, -0.25) is 0 Å². The van der Waals surface area contributed by atoms with Crippen LogP contribution in [-0.2, 0) is 4.74 Å². The largest absolute Gasteiger partial charge is 0.379 e. The summed E-state index contributed by atoms with van der Waals surface area (Å²) in [6.07, 6.45) is 0. The molecule has 2 fully saturated rings. The summed E-state index contributed by atoms with van der Waals surface area (Å²) in [5.74, 6) is 0. The standard InChI is InChI=1S/C9H19N5O2/c10-9(15)14(12-3-1-11-2-4-12)13-5-7-16-8-6-13/h11H,1-8H2,(H2,10,15). The van der Waals surface area contributed by atoms with E-state index in [1.54, 1.807) is 5.12 Å². The minimum Gasteiger partial charge on any atom is -0.379 e. The van der Waals surface area contributed by atoms with E-state index >= 15 is 0 Å². The molecule has 2 rings (SSSR count). The molecule has 0 bridgehead atoms. The molecule has 16 heavy (non-hydrogen) atoms. The second kappa shape index (κ2) is 5.44. The van der Waals surface area contributed by atoms with Crippen LogP contribution >= 0.6 is 0 Å². The van der Waals surface area contributed by atoms with Crippen LogP contribution in [0, 0.1) is 0 Å². The number of amides is 2. The van der Waals surface area contributed by atoms with Crippen LogP contribution in [-0.4, -0.2) is 73.6 Å². The number of nitrogens with zero attached hydrogens (tertiary/aromatic N) is 3. The van der Waals surface area contributed by atoms with Crippen molar-refractivity contribution in [2.24, 2.45) is 5.73 Å². The van der Waals surface area contributed by atoms with Gasteiger partial charge in [0, 0.05) is 39.3 Å². The highest BCUT2D eigenvalue weighted by Gasteiger charge is 2.28. The van der Waals surface area contributed by atoms with Gasteiger partial charge in [-0.25, -0.2) is 4.79 Å². The van der Waals surface area contributed by atoms with Gasteiger partial charge in [-0.15, -0.1) is 0 Å². The third kappa shape index (κ3) is 2.62. The molecule has 0 aliphatic carbocycles. The Morgan fingerprint density at radius 1 is 1.12 bits per heavy atom. The molecule has 0 aromatic rings. The fraction of sp³-hybridized carbons (Fsp3) is 0.889. The predicted molar refractivity (Wildman–Crippen MR) is 58.3 cm³/mol. The van der Waals surface area contributed by atoms with Crippen LogP contribution < -0.4 is 11.1 Å². The molecule has 3 N–H and O–H groups in total. The van der Waals surface area contributed by atoms with Gasteiger partial charge in [-0.2, -0.15) is 15.1 Å². The van der Waals surface area contributed by atoms with Gasteiger partial charge in [0.1, 0.15) is 0 Å². The number of carbonyl (C=O) groups excluding carboxylic acids is 1. The number of piperazine rings is 1. The Kier molecular flexibility index (Phi) is 3.94. The monoisotopic (exact) mass is 229 g/mol. The molecule has 2 aliphatic rings. The van der Waals surface area contributed by atoms with Gasteiger partial charge in [0.25, 0.3) is 0 Å². The van der Waals surface area contributed by atoms with Gasteiger partial charge in [-0.1, -0.05) is 0 Å². The van der Waals surface area contributed by atoms with Crippen molar-refractivity contribution in [2.75, 3.05) is 52.5 Å². The molecule has 0 atom stereocenters. The zero-order chi connectivity index (χ0) is 11.4. The molecule has 0 aromatic heterocycles. The molecule has 2 amide bonds. The lowest BCUT2D eigenvalue weighted by Gasteiger charge is -2.43. The molecule has 2 aliphatic heterocycles. The summed E-state index contributed by atoms with van der Waals surface area (Å²) in [7, 11) is 0. The third-order valence-electron chi connectivity index (χ3n) is 2.81. The summed E-state index contributed by atoms with van der Waals surface area (Å²) >= 11 is 0. The first-order valence-corrected chi connectivity index (χ1v) is 5.67. The van der Waals surface area contributed by atoms with Crippen molar-refractivity contribution in [3.63, 3.8) is 0 Å². The summed E-state index contributed by atoms with van der Waals surface area (Å²) in [4.78, 5) is 11.5. The highest BCUT2D eigenvalue weighted by Crippen LogP contribution is 2.08. The normalized spacial score (nSPS) is 24.2. The van der Waals surface area contributed by atoms with E-state index in [0.717, 1.165) is 26.2 Å².